The number of hydrogen-bond donors (Lipinski definition) is 0. The number of nitrogens with zero attached hydrogens (tertiary/aromatic N) is 2. The summed E-state index contributed by atoms with van der Waals surface area (Å²) in [6.45, 7) is 10.5. The third-order valence-corrected chi connectivity index (χ3v) is 9.15. The molecule has 0 fully saturated rings. The van der Waals surface area contributed by atoms with Crippen molar-refractivity contribution >= 4 is 46.0 Å². The summed E-state index contributed by atoms with van der Waals surface area (Å²) in [5.74, 6) is 0.652. The van der Waals surface area contributed by atoms with Gasteiger partial charge in [-0.15, -0.1) is 0 Å². The SMILES string of the molecule is CCOC(=O)C1=C(C)N=c2sc(=Cc3cc(I)c(OCc4ccc(F)cc4)c(OCC)c3)c(=O)n2[C@@H]1c1ccc(C(C)C)cc1. The molecule has 0 aliphatic carbocycles. The zero-order chi connectivity index (χ0) is 32.2. The highest BCUT2D eigenvalue weighted by molar-refractivity contribution is 14.1. The number of thiazole rings is 1. The van der Waals surface area contributed by atoms with Crippen LogP contribution in [0.2, 0.25) is 0 Å². The van der Waals surface area contributed by atoms with Crippen LogP contribution in [0.25, 0.3) is 6.08 Å². The summed E-state index contributed by atoms with van der Waals surface area (Å²) in [6, 6.07) is 17.2. The Morgan fingerprint density at radius 1 is 1.07 bits per heavy atom. The number of allylic oxidation sites excluding steroid dienone is 1. The minimum Gasteiger partial charge on any atom is -0.490 e. The highest BCUT2D eigenvalue weighted by Crippen LogP contribution is 2.35. The normalized spacial score (nSPS) is 14.8. The standard InChI is InChI=1S/C35H34FIN2O5S/c1-6-42-28-17-23(16-27(37)32(28)44-19-22-8-14-26(36)15-9-22)18-29-33(40)39-31(25-12-10-24(11-13-25)20(3)4)30(34(41)43-7-2)21(5)38-35(39)45-29/h8-18,20,31H,6-7,19H2,1-5H3/t31-/m1/s1. The first-order chi connectivity index (χ1) is 21.6. The molecule has 0 saturated carbocycles. The maximum Gasteiger partial charge on any atom is 0.338 e. The number of esters is 1. The van der Waals surface area contributed by atoms with Gasteiger partial charge in [0.2, 0.25) is 0 Å². The van der Waals surface area contributed by atoms with Gasteiger partial charge in [-0.3, -0.25) is 9.36 Å². The van der Waals surface area contributed by atoms with Gasteiger partial charge in [0.1, 0.15) is 12.4 Å². The van der Waals surface area contributed by atoms with E-state index in [0.29, 0.717) is 44.6 Å². The van der Waals surface area contributed by atoms with E-state index in [2.05, 4.69) is 41.4 Å². The molecule has 0 N–H and O–H groups in total. The number of hydrogen-bond acceptors (Lipinski definition) is 7. The Kier molecular flexibility index (Phi) is 10.2. The molecule has 0 radical (unpaired) electrons. The molecule has 2 heterocycles. The van der Waals surface area contributed by atoms with E-state index in [9.17, 15) is 14.0 Å². The summed E-state index contributed by atoms with van der Waals surface area (Å²) >= 11 is 3.45. The number of carbonyl (C=O) groups is 1. The molecule has 234 valence electrons. The molecule has 0 unspecified atom stereocenters. The van der Waals surface area contributed by atoms with Gasteiger partial charge >= 0.3 is 5.97 Å². The Balaban J connectivity index is 1.58. The minimum absolute atomic E-state index is 0.212. The van der Waals surface area contributed by atoms with Gasteiger partial charge in [0.15, 0.2) is 16.3 Å². The van der Waals surface area contributed by atoms with Crippen LogP contribution in [-0.2, 0) is 16.1 Å². The van der Waals surface area contributed by atoms with Gasteiger partial charge in [-0.25, -0.2) is 14.2 Å². The number of halogens is 2. The second-order valence-electron chi connectivity index (χ2n) is 10.8. The molecule has 1 aliphatic heterocycles. The fourth-order valence-electron chi connectivity index (χ4n) is 5.13. The van der Waals surface area contributed by atoms with Crippen LogP contribution in [0.3, 0.4) is 0 Å². The van der Waals surface area contributed by atoms with E-state index in [4.69, 9.17) is 14.2 Å². The first-order valence-corrected chi connectivity index (χ1v) is 16.6. The third-order valence-electron chi connectivity index (χ3n) is 7.36. The highest BCUT2D eigenvalue weighted by atomic mass is 127. The number of ether oxygens (including phenoxy) is 3. The Morgan fingerprint density at radius 2 is 1.78 bits per heavy atom. The zero-order valence-corrected chi connectivity index (χ0v) is 28.7. The van der Waals surface area contributed by atoms with Crippen molar-refractivity contribution in [3.8, 4) is 11.5 Å². The summed E-state index contributed by atoms with van der Waals surface area (Å²) in [5, 5.41) is 0. The van der Waals surface area contributed by atoms with Gasteiger partial charge in [0.25, 0.3) is 5.56 Å². The molecule has 4 aromatic rings. The van der Waals surface area contributed by atoms with Crippen molar-refractivity contribution < 1.29 is 23.4 Å². The van der Waals surface area contributed by atoms with Crippen LogP contribution in [0.1, 0.15) is 68.8 Å². The number of carbonyl (C=O) groups excluding carboxylic acids is 1. The van der Waals surface area contributed by atoms with Crippen LogP contribution in [-0.4, -0.2) is 23.8 Å². The summed E-state index contributed by atoms with van der Waals surface area (Å²) in [5.41, 5.74) is 4.16. The molecular weight excluding hydrogens is 706 g/mol. The van der Waals surface area contributed by atoms with Gasteiger partial charge < -0.3 is 14.2 Å². The predicted octanol–water partition coefficient (Wildman–Crippen LogP) is 6.64. The Labute approximate surface area is 278 Å². The minimum atomic E-state index is -0.676. The van der Waals surface area contributed by atoms with E-state index < -0.39 is 12.0 Å². The van der Waals surface area contributed by atoms with Crippen molar-refractivity contribution in [2.75, 3.05) is 13.2 Å². The smallest absolute Gasteiger partial charge is 0.338 e. The quantitative estimate of drug-likeness (QED) is 0.135. The number of rotatable bonds is 10. The largest absolute Gasteiger partial charge is 0.490 e. The Hall–Kier alpha value is -3.77. The number of fused-ring (bicyclic) bond motifs is 1. The fraction of sp³-hybridized carbons (Fsp3) is 0.286. The lowest BCUT2D eigenvalue weighted by Gasteiger charge is -2.25. The van der Waals surface area contributed by atoms with E-state index in [-0.39, 0.29) is 24.6 Å². The Bertz CT molecular complexity index is 1930. The molecule has 3 aromatic carbocycles. The molecule has 0 spiro atoms. The van der Waals surface area contributed by atoms with Gasteiger partial charge in [-0.05, 0) is 102 Å². The number of benzene rings is 3. The molecule has 1 aromatic heterocycles. The van der Waals surface area contributed by atoms with Crippen molar-refractivity contribution in [3.63, 3.8) is 0 Å². The lowest BCUT2D eigenvalue weighted by atomic mass is 9.93. The van der Waals surface area contributed by atoms with E-state index >= 15 is 0 Å². The monoisotopic (exact) mass is 740 g/mol. The fourth-order valence-corrected chi connectivity index (χ4v) is 6.96. The van der Waals surface area contributed by atoms with Crippen molar-refractivity contribution in [2.45, 2.75) is 53.2 Å². The van der Waals surface area contributed by atoms with Crippen LogP contribution < -0.4 is 24.4 Å². The predicted molar refractivity (Wildman–Crippen MR) is 182 cm³/mol. The summed E-state index contributed by atoms with van der Waals surface area (Å²) < 4.78 is 33.6. The molecule has 1 aliphatic rings. The van der Waals surface area contributed by atoms with E-state index in [1.165, 1.54) is 23.5 Å². The van der Waals surface area contributed by atoms with Crippen LogP contribution in [0.5, 0.6) is 11.5 Å². The molecule has 1 atom stereocenters. The highest BCUT2D eigenvalue weighted by Gasteiger charge is 2.33. The first-order valence-electron chi connectivity index (χ1n) is 14.7. The maximum absolute atomic E-state index is 14.1. The third kappa shape index (κ3) is 7.06. The van der Waals surface area contributed by atoms with Crippen LogP contribution in [0, 0.1) is 9.39 Å². The molecule has 45 heavy (non-hydrogen) atoms. The molecule has 5 rings (SSSR count). The lowest BCUT2D eigenvalue weighted by Crippen LogP contribution is -2.39. The first kappa shape index (κ1) is 32.6. The van der Waals surface area contributed by atoms with Crippen LogP contribution >= 0.6 is 33.9 Å². The van der Waals surface area contributed by atoms with Crippen molar-refractivity contribution in [1.29, 1.82) is 0 Å². The molecule has 0 saturated heterocycles. The second kappa shape index (κ2) is 14.1. The molecule has 0 bridgehead atoms. The van der Waals surface area contributed by atoms with E-state index in [0.717, 1.165) is 25.8 Å². The summed E-state index contributed by atoms with van der Waals surface area (Å²) in [6.07, 6.45) is 1.81. The molecular formula is C35H34FIN2O5S. The summed E-state index contributed by atoms with van der Waals surface area (Å²) in [7, 11) is 0. The average molecular weight is 741 g/mol. The van der Waals surface area contributed by atoms with E-state index in [1.54, 1.807) is 36.6 Å². The van der Waals surface area contributed by atoms with Gasteiger partial charge in [0, 0.05) is 0 Å². The summed E-state index contributed by atoms with van der Waals surface area (Å²) in [4.78, 5) is 32.5. The number of aromatic nitrogens is 1. The molecule has 0 amide bonds. The van der Waals surface area contributed by atoms with Crippen LogP contribution in [0.4, 0.5) is 4.39 Å². The molecule has 10 heteroatoms. The topological polar surface area (TPSA) is 79.1 Å². The maximum atomic E-state index is 14.1. The van der Waals surface area contributed by atoms with Crippen molar-refractivity contribution in [2.24, 2.45) is 4.99 Å². The van der Waals surface area contributed by atoms with Crippen LogP contribution in [0.15, 0.2) is 81.7 Å². The van der Waals surface area contributed by atoms with Gasteiger partial charge in [-0.1, -0.05) is 61.6 Å². The van der Waals surface area contributed by atoms with Crippen molar-refractivity contribution in [1.82, 2.24) is 4.57 Å². The van der Waals surface area contributed by atoms with Gasteiger partial charge in [-0.2, -0.15) is 0 Å². The lowest BCUT2D eigenvalue weighted by molar-refractivity contribution is -0.139. The van der Waals surface area contributed by atoms with Gasteiger partial charge in [0.05, 0.1) is 38.6 Å². The van der Waals surface area contributed by atoms with E-state index in [1.807, 2.05) is 43.3 Å². The second-order valence-corrected chi connectivity index (χ2v) is 13.0. The Morgan fingerprint density at radius 3 is 2.42 bits per heavy atom. The zero-order valence-electron chi connectivity index (χ0n) is 25.7. The van der Waals surface area contributed by atoms with Crippen molar-refractivity contribution in [3.05, 3.63) is 123 Å². The molecule has 7 nitrogen and oxygen atoms in total. The average Bonchev–Trinajstić information content (AvgIpc) is 3.30.